The van der Waals surface area contributed by atoms with Gasteiger partial charge in [0.25, 0.3) is 0 Å². The molecule has 1 aromatic carbocycles. The minimum atomic E-state index is -1.51. The van der Waals surface area contributed by atoms with Crippen LogP contribution in [0.25, 0.3) is 0 Å². The third-order valence-electron chi connectivity index (χ3n) is 2.48. The summed E-state index contributed by atoms with van der Waals surface area (Å²) in [5.74, 6) is -2.04. The molecule has 2 aromatic rings. The summed E-state index contributed by atoms with van der Waals surface area (Å²) in [4.78, 5) is 20.7. The van der Waals surface area contributed by atoms with Gasteiger partial charge in [-0.15, -0.1) is 0 Å². The van der Waals surface area contributed by atoms with Crippen molar-refractivity contribution >= 4 is 23.3 Å². The van der Waals surface area contributed by atoms with Crippen molar-refractivity contribution in [2.24, 2.45) is 0 Å². The number of carbonyl (C=O) groups is 1. The molecule has 0 saturated carbocycles. The lowest BCUT2D eigenvalue weighted by Gasteiger charge is -2.04. The van der Waals surface area contributed by atoms with Crippen LogP contribution in [-0.4, -0.2) is 25.8 Å². The topological polar surface area (TPSA) is 98.3 Å². The summed E-state index contributed by atoms with van der Waals surface area (Å²) >= 11 is 5.86. The summed E-state index contributed by atoms with van der Waals surface area (Å²) in [7, 11) is 0. The maximum absolute atomic E-state index is 13.1. The first-order valence-electron chi connectivity index (χ1n) is 5.27. The molecular weight excluding hydrogens is 293 g/mol. The van der Waals surface area contributed by atoms with E-state index >= 15 is 0 Å². The Morgan fingerprint density at radius 2 is 2.25 bits per heavy atom. The highest BCUT2D eigenvalue weighted by Gasteiger charge is 2.25. The van der Waals surface area contributed by atoms with Gasteiger partial charge < -0.3 is 5.11 Å². The molecule has 9 heteroatoms. The quantitative estimate of drug-likeness (QED) is 0.690. The van der Waals surface area contributed by atoms with Crippen LogP contribution >= 0.6 is 11.6 Å². The Hall–Kier alpha value is -2.48. The molecule has 20 heavy (non-hydrogen) atoms. The van der Waals surface area contributed by atoms with E-state index in [1.807, 2.05) is 0 Å². The molecule has 0 radical (unpaired) electrons. The SMILES string of the molecule is O=C(O)c1nn(Cc2cc(F)ccc2Cl)cc1[N+](=O)[O-]. The number of aromatic nitrogens is 2. The fourth-order valence-corrected chi connectivity index (χ4v) is 1.79. The van der Waals surface area contributed by atoms with Crippen LogP contribution in [0.15, 0.2) is 24.4 Å². The Kier molecular flexibility index (Phi) is 3.66. The van der Waals surface area contributed by atoms with Gasteiger partial charge in [0, 0.05) is 5.02 Å². The molecule has 1 aromatic heterocycles. The second-order valence-corrected chi connectivity index (χ2v) is 4.27. The highest BCUT2D eigenvalue weighted by atomic mass is 35.5. The predicted octanol–water partition coefficient (Wildman–Crippen LogP) is 2.33. The maximum atomic E-state index is 13.1. The standard InChI is InChI=1S/C11H7ClFN3O4/c12-8-2-1-7(13)3-6(8)4-15-5-9(16(19)20)10(14-15)11(17)18/h1-3,5H,4H2,(H,17,18). The lowest BCUT2D eigenvalue weighted by Crippen LogP contribution is -2.05. The van der Waals surface area contributed by atoms with Crippen LogP contribution in [0, 0.1) is 15.9 Å². The second-order valence-electron chi connectivity index (χ2n) is 3.86. The van der Waals surface area contributed by atoms with Crippen molar-refractivity contribution in [3.63, 3.8) is 0 Å². The van der Waals surface area contributed by atoms with Crippen molar-refractivity contribution in [1.82, 2.24) is 9.78 Å². The Balaban J connectivity index is 2.39. The first kappa shape index (κ1) is 13.9. The highest BCUT2D eigenvalue weighted by molar-refractivity contribution is 6.31. The van der Waals surface area contributed by atoms with Gasteiger partial charge >= 0.3 is 11.7 Å². The lowest BCUT2D eigenvalue weighted by atomic mass is 10.2. The fourth-order valence-electron chi connectivity index (χ4n) is 1.62. The maximum Gasteiger partial charge on any atom is 0.363 e. The van der Waals surface area contributed by atoms with E-state index in [-0.39, 0.29) is 11.6 Å². The van der Waals surface area contributed by atoms with Gasteiger partial charge in [-0.25, -0.2) is 9.18 Å². The molecule has 0 aliphatic heterocycles. The molecule has 0 unspecified atom stereocenters. The zero-order valence-corrected chi connectivity index (χ0v) is 10.5. The normalized spacial score (nSPS) is 10.5. The van der Waals surface area contributed by atoms with E-state index in [1.165, 1.54) is 12.1 Å². The number of nitrogens with zero attached hydrogens (tertiary/aromatic N) is 3. The van der Waals surface area contributed by atoms with Crippen LogP contribution < -0.4 is 0 Å². The molecule has 1 N–H and O–H groups in total. The summed E-state index contributed by atoms with van der Waals surface area (Å²) in [5.41, 5.74) is -0.978. The molecular formula is C11H7ClFN3O4. The van der Waals surface area contributed by atoms with Crippen molar-refractivity contribution in [3.8, 4) is 0 Å². The molecule has 104 valence electrons. The summed E-state index contributed by atoms with van der Waals surface area (Å²) in [6.45, 7) is -0.0787. The van der Waals surface area contributed by atoms with Crippen molar-refractivity contribution in [2.75, 3.05) is 0 Å². The average molecular weight is 300 g/mol. The van der Waals surface area contributed by atoms with E-state index in [4.69, 9.17) is 16.7 Å². The Morgan fingerprint density at radius 3 is 2.80 bits per heavy atom. The van der Waals surface area contributed by atoms with E-state index in [1.54, 1.807) is 0 Å². The molecule has 2 rings (SSSR count). The molecule has 1 heterocycles. The summed E-state index contributed by atoms with van der Waals surface area (Å²) in [6, 6.07) is 3.65. The Labute approximate surface area is 116 Å². The predicted molar refractivity (Wildman–Crippen MR) is 66.4 cm³/mol. The summed E-state index contributed by atoms with van der Waals surface area (Å²) in [5, 5.41) is 23.4. The largest absolute Gasteiger partial charge is 0.476 e. The first-order chi connectivity index (χ1) is 9.38. The van der Waals surface area contributed by atoms with Gasteiger partial charge in [0.15, 0.2) is 0 Å². The third-order valence-corrected chi connectivity index (χ3v) is 2.85. The number of benzene rings is 1. The monoisotopic (exact) mass is 299 g/mol. The molecule has 0 saturated heterocycles. The Bertz CT molecular complexity index is 669. The number of aromatic carboxylic acids is 1. The number of nitro groups is 1. The van der Waals surface area contributed by atoms with Gasteiger partial charge in [0.05, 0.1) is 11.5 Å². The van der Waals surface area contributed by atoms with Gasteiger partial charge in [-0.05, 0) is 23.8 Å². The molecule has 0 atom stereocenters. The number of carboxylic acid groups (broad SMARTS) is 1. The van der Waals surface area contributed by atoms with E-state index in [0.717, 1.165) is 16.9 Å². The molecule has 0 bridgehead atoms. The lowest BCUT2D eigenvalue weighted by molar-refractivity contribution is -0.385. The van der Waals surface area contributed by atoms with Crippen molar-refractivity contribution in [3.05, 3.63) is 56.6 Å². The molecule has 0 fully saturated rings. The van der Waals surface area contributed by atoms with Gasteiger partial charge in [0.1, 0.15) is 12.0 Å². The molecule has 0 aliphatic rings. The van der Waals surface area contributed by atoms with Crippen LogP contribution in [0.3, 0.4) is 0 Å². The fraction of sp³-hybridized carbons (Fsp3) is 0.0909. The first-order valence-corrected chi connectivity index (χ1v) is 5.65. The molecule has 7 nitrogen and oxygen atoms in total. The van der Waals surface area contributed by atoms with Gasteiger partial charge in [-0.1, -0.05) is 11.6 Å². The van der Waals surface area contributed by atoms with E-state index in [2.05, 4.69) is 5.10 Å². The summed E-state index contributed by atoms with van der Waals surface area (Å²) < 4.78 is 14.1. The number of carboxylic acids is 1. The van der Waals surface area contributed by atoms with Crippen molar-refractivity contribution in [2.45, 2.75) is 6.54 Å². The van der Waals surface area contributed by atoms with Gasteiger partial charge in [0.2, 0.25) is 5.69 Å². The van der Waals surface area contributed by atoms with Crippen LogP contribution in [0.4, 0.5) is 10.1 Å². The van der Waals surface area contributed by atoms with Crippen LogP contribution in [0.1, 0.15) is 16.1 Å². The molecule has 0 amide bonds. The van der Waals surface area contributed by atoms with Crippen LogP contribution in [0.2, 0.25) is 5.02 Å². The molecule has 0 aliphatic carbocycles. The van der Waals surface area contributed by atoms with E-state index in [9.17, 15) is 19.3 Å². The zero-order chi connectivity index (χ0) is 14.9. The number of hydrogen-bond donors (Lipinski definition) is 1. The van der Waals surface area contributed by atoms with E-state index < -0.39 is 28.1 Å². The second kappa shape index (κ2) is 5.25. The minimum Gasteiger partial charge on any atom is -0.476 e. The number of rotatable bonds is 4. The Morgan fingerprint density at radius 1 is 1.55 bits per heavy atom. The number of halogens is 2. The number of hydrogen-bond acceptors (Lipinski definition) is 4. The van der Waals surface area contributed by atoms with Gasteiger partial charge in [-0.2, -0.15) is 5.10 Å². The summed E-state index contributed by atoms with van der Waals surface area (Å²) in [6.07, 6.45) is 0.963. The van der Waals surface area contributed by atoms with E-state index in [0.29, 0.717) is 5.56 Å². The van der Waals surface area contributed by atoms with Crippen LogP contribution in [0.5, 0.6) is 0 Å². The highest BCUT2D eigenvalue weighted by Crippen LogP contribution is 2.21. The zero-order valence-electron chi connectivity index (χ0n) is 9.79. The van der Waals surface area contributed by atoms with Crippen molar-refractivity contribution in [1.29, 1.82) is 0 Å². The average Bonchev–Trinajstić information content (AvgIpc) is 2.78. The van der Waals surface area contributed by atoms with Crippen LogP contribution in [-0.2, 0) is 6.54 Å². The van der Waals surface area contributed by atoms with Crippen molar-refractivity contribution < 1.29 is 19.2 Å². The van der Waals surface area contributed by atoms with Gasteiger partial charge in [-0.3, -0.25) is 14.8 Å². The smallest absolute Gasteiger partial charge is 0.363 e. The third kappa shape index (κ3) is 2.75. The molecule has 0 spiro atoms. The minimum absolute atomic E-state index is 0.0787.